The van der Waals surface area contributed by atoms with Gasteiger partial charge in [0, 0.05) is 50.8 Å². The molecule has 0 atom stereocenters. The lowest BCUT2D eigenvalue weighted by Gasteiger charge is -2.36. The predicted molar refractivity (Wildman–Crippen MR) is 103 cm³/mol. The number of carbonyl (C=O) groups excluding carboxylic acids is 1. The summed E-state index contributed by atoms with van der Waals surface area (Å²) in [7, 11) is 0. The molecule has 2 aromatic heterocycles. The number of amides is 1. The molecular formula is C19H19ClFN5O. The number of anilines is 1. The number of fused-ring (bicyclic) bond motifs is 1. The third kappa shape index (κ3) is 3.74. The molecule has 1 saturated heterocycles. The van der Waals surface area contributed by atoms with Crippen molar-refractivity contribution >= 4 is 28.8 Å². The summed E-state index contributed by atoms with van der Waals surface area (Å²) in [6, 6.07) is 7.90. The summed E-state index contributed by atoms with van der Waals surface area (Å²) in [5.74, 6) is -1.08. The Hall–Kier alpha value is -2.64. The molecule has 3 aromatic rings. The minimum Gasteiger partial charge on any atom is -0.368 e. The van der Waals surface area contributed by atoms with Gasteiger partial charge in [-0.05, 0) is 30.3 Å². The monoisotopic (exact) mass is 387 g/mol. The molecule has 2 N–H and O–H groups in total. The van der Waals surface area contributed by atoms with E-state index in [-0.39, 0.29) is 5.56 Å². The van der Waals surface area contributed by atoms with Gasteiger partial charge < -0.3 is 15.0 Å². The van der Waals surface area contributed by atoms with E-state index in [0.29, 0.717) is 10.7 Å². The van der Waals surface area contributed by atoms with Crippen LogP contribution in [0.1, 0.15) is 16.1 Å². The van der Waals surface area contributed by atoms with E-state index in [1.54, 1.807) is 6.07 Å². The van der Waals surface area contributed by atoms with Crippen LogP contribution >= 0.6 is 11.6 Å². The molecule has 1 amide bonds. The summed E-state index contributed by atoms with van der Waals surface area (Å²) < 4.78 is 15.4. The van der Waals surface area contributed by atoms with Gasteiger partial charge in [0.1, 0.15) is 11.5 Å². The van der Waals surface area contributed by atoms with E-state index in [9.17, 15) is 9.18 Å². The summed E-state index contributed by atoms with van der Waals surface area (Å²) in [5.41, 5.74) is 8.16. The zero-order valence-electron chi connectivity index (χ0n) is 14.6. The molecule has 27 heavy (non-hydrogen) atoms. The van der Waals surface area contributed by atoms with Crippen LogP contribution in [0.15, 0.2) is 42.7 Å². The fraction of sp³-hybridized carbons (Fsp3) is 0.263. The van der Waals surface area contributed by atoms with Crippen LogP contribution in [0.3, 0.4) is 0 Å². The Morgan fingerprint density at radius 1 is 1.15 bits per heavy atom. The zero-order valence-corrected chi connectivity index (χ0v) is 15.4. The third-order valence-electron chi connectivity index (χ3n) is 4.79. The number of imidazole rings is 1. The smallest absolute Gasteiger partial charge is 0.250 e. The van der Waals surface area contributed by atoms with Crippen LogP contribution in [0.5, 0.6) is 0 Å². The number of piperazine rings is 1. The number of hydrogen-bond donors (Lipinski definition) is 1. The number of benzene rings is 1. The zero-order chi connectivity index (χ0) is 19.0. The number of nitrogens with two attached hydrogens (primary N) is 1. The van der Waals surface area contributed by atoms with Gasteiger partial charge in [-0.25, -0.2) is 9.37 Å². The Bertz CT molecular complexity index is 997. The SMILES string of the molecule is NC(=O)c1cc(F)ccc1N1CCN(Cc2cn3cc(Cl)ccc3n2)CC1. The highest BCUT2D eigenvalue weighted by atomic mass is 35.5. The van der Waals surface area contributed by atoms with Gasteiger partial charge in [0.15, 0.2) is 0 Å². The van der Waals surface area contributed by atoms with Crippen LogP contribution in [0.25, 0.3) is 5.65 Å². The van der Waals surface area contributed by atoms with Crippen molar-refractivity contribution in [2.24, 2.45) is 5.73 Å². The van der Waals surface area contributed by atoms with Gasteiger partial charge in [-0.2, -0.15) is 0 Å². The lowest BCUT2D eigenvalue weighted by Crippen LogP contribution is -2.46. The highest BCUT2D eigenvalue weighted by Gasteiger charge is 2.22. The minimum absolute atomic E-state index is 0.223. The molecule has 0 unspecified atom stereocenters. The van der Waals surface area contributed by atoms with Crippen LogP contribution in [-0.4, -0.2) is 46.4 Å². The Balaban J connectivity index is 1.43. The largest absolute Gasteiger partial charge is 0.368 e. The highest BCUT2D eigenvalue weighted by Crippen LogP contribution is 2.23. The van der Waals surface area contributed by atoms with Crippen molar-refractivity contribution < 1.29 is 9.18 Å². The molecule has 140 valence electrons. The number of nitrogens with zero attached hydrogens (tertiary/aromatic N) is 4. The fourth-order valence-electron chi connectivity index (χ4n) is 3.45. The van der Waals surface area contributed by atoms with Gasteiger partial charge in [0.05, 0.1) is 16.3 Å². The number of pyridine rings is 1. The maximum absolute atomic E-state index is 13.4. The molecule has 1 aliphatic heterocycles. The standard InChI is InChI=1S/C19H19ClFN5O/c20-13-1-4-18-23-15(12-26(18)10-13)11-24-5-7-25(8-6-24)17-3-2-14(21)9-16(17)19(22)27/h1-4,9-10,12H,5-8,11H2,(H2,22,27). The average molecular weight is 388 g/mol. The van der Waals surface area contributed by atoms with Crippen molar-refractivity contribution in [3.05, 3.63) is 64.8 Å². The van der Waals surface area contributed by atoms with Gasteiger partial charge >= 0.3 is 0 Å². The minimum atomic E-state index is -0.615. The first kappa shape index (κ1) is 17.8. The molecule has 0 radical (unpaired) electrons. The molecule has 6 nitrogen and oxygen atoms in total. The van der Waals surface area contributed by atoms with Gasteiger partial charge in [-0.1, -0.05) is 11.6 Å². The van der Waals surface area contributed by atoms with E-state index in [2.05, 4.69) is 14.8 Å². The number of carbonyl (C=O) groups is 1. The van der Waals surface area contributed by atoms with Gasteiger partial charge in [-0.3, -0.25) is 9.69 Å². The molecule has 8 heteroatoms. The van der Waals surface area contributed by atoms with Crippen LogP contribution in [0.2, 0.25) is 5.02 Å². The van der Waals surface area contributed by atoms with Crippen molar-refractivity contribution in [1.29, 1.82) is 0 Å². The van der Waals surface area contributed by atoms with Crippen molar-refractivity contribution in [3.63, 3.8) is 0 Å². The topological polar surface area (TPSA) is 66.9 Å². The molecule has 0 bridgehead atoms. The van der Waals surface area contributed by atoms with Gasteiger partial charge in [0.25, 0.3) is 5.91 Å². The van der Waals surface area contributed by atoms with Crippen LogP contribution < -0.4 is 10.6 Å². The Morgan fingerprint density at radius 2 is 1.93 bits per heavy atom. The normalized spacial score (nSPS) is 15.4. The third-order valence-corrected chi connectivity index (χ3v) is 5.01. The maximum Gasteiger partial charge on any atom is 0.250 e. The second-order valence-electron chi connectivity index (χ2n) is 6.63. The van der Waals surface area contributed by atoms with Crippen molar-refractivity contribution in [3.8, 4) is 0 Å². The Labute approximate surface area is 161 Å². The average Bonchev–Trinajstić information content (AvgIpc) is 3.03. The number of halogens is 2. The summed E-state index contributed by atoms with van der Waals surface area (Å²) in [6.07, 6.45) is 3.82. The number of aromatic nitrogens is 2. The first-order valence-corrected chi connectivity index (χ1v) is 9.07. The summed E-state index contributed by atoms with van der Waals surface area (Å²) in [6.45, 7) is 3.81. The van der Waals surface area contributed by atoms with Gasteiger partial charge in [-0.15, -0.1) is 0 Å². The van der Waals surface area contributed by atoms with Crippen LogP contribution in [0.4, 0.5) is 10.1 Å². The summed E-state index contributed by atoms with van der Waals surface area (Å²) >= 11 is 6.02. The quantitative estimate of drug-likeness (QED) is 0.747. The van der Waals surface area contributed by atoms with E-state index in [4.69, 9.17) is 17.3 Å². The van der Waals surface area contributed by atoms with Crippen molar-refractivity contribution in [2.45, 2.75) is 6.54 Å². The lowest BCUT2D eigenvalue weighted by molar-refractivity contribution is 0.1000. The molecular weight excluding hydrogens is 369 g/mol. The van der Waals surface area contributed by atoms with Crippen molar-refractivity contribution in [2.75, 3.05) is 31.1 Å². The van der Waals surface area contributed by atoms with Crippen LogP contribution in [-0.2, 0) is 6.54 Å². The first-order valence-electron chi connectivity index (χ1n) is 8.69. The summed E-state index contributed by atoms with van der Waals surface area (Å²) in [5, 5.41) is 0.671. The van der Waals surface area contributed by atoms with Crippen LogP contribution in [0, 0.1) is 5.82 Å². The predicted octanol–water partition coefficient (Wildman–Crippen LogP) is 2.55. The molecule has 4 rings (SSSR count). The Morgan fingerprint density at radius 3 is 2.67 bits per heavy atom. The molecule has 1 aromatic carbocycles. The molecule has 3 heterocycles. The molecule has 0 spiro atoms. The van der Waals surface area contributed by atoms with E-state index in [1.165, 1.54) is 12.1 Å². The van der Waals surface area contributed by atoms with E-state index in [1.807, 2.05) is 28.9 Å². The lowest BCUT2D eigenvalue weighted by atomic mass is 10.1. The molecule has 0 saturated carbocycles. The number of hydrogen-bond acceptors (Lipinski definition) is 4. The van der Waals surface area contributed by atoms with E-state index < -0.39 is 11.7 Å². The molecule has 1 fully saturated rings. The number of rotatable bonds is 4. The second-order valence-corrected chi connectivity index (χ2v) is 7.07. The molecule has 1 aliphatic rings. The Kier molecular flexibility index (Phi) is 4.72. The fourth-order valence-corrected chi connectivity index (χ4v) is 3.62. The van der Waals surface area contributed by atoms with Gasteiger partial charge in [0.2, 0.25) is 0 Å². The van der Waals surface area contributed by atoms with E-state index >= 15 is 0 Å². The maximum atomic E-state index is 13.4. The van der Waals surface area contributed by atoms with E-state index in [0.717, 1.165) is 44.1 Å². The first-order chi connectivity index (χ1) is 13.0. The number of primary amides is 1. The highest BCUT2D eigenvalue weighted by molar-refractivity contribution is 6.30. The summed E-state index contributed by atoms with van der Waals surface area (Å²) in [4.78, 5) is 20.6. The molecule has 0 aliphatic carbocycles. The second kappa shape index (κ2) is 7.17. The van der Waals surface area contributed by atoms with Crippen molar-refractivity contribution in [1.82, 2.24) is 14.3 Å².